The van der Waals surface area contributed by atoms with Crippen molar-refractivity contribution in [2.24, 2.45) is 0 Å². The Bertz CT molecular complexity index is 858. The van der Waals surface area contributed by atoms with Crippen LogP contribution < -0.4 is 5.32 Å². The summed E-state index contributed by atoms with van der Waals surface area (Å²) in [5, 5.41) is 31.3. The largest absolute Gasteiger partial charge is 0.383 e. The Balaban J connectivity index is 1.57. The predicted molar refractivity (Wildman–Crippen MR) is 97.7 cm³/mol. The minimum atomic E-state index is -1.58. The van der Waals surface area contributed by atoms with Crippen molar-refractivity contribution in [3.05, 3.63) is 41.4 Å². The number of benzene rings is 1. The lowest BCUT2D eigenvalue weighted by Crippen LogP contribution is -2.39. The number of hydrogen-bond donors (Lipinski definition) is 3. The first-order valence-electron chi connectivity index (χ1n) is 8.34. The summed E-state index contributed by atoms with van der Waals surface area (Å²) in [6.07, 6.45) is -1.34. The van der Waals surface area contributed by atoms with Crippen LogP contribution in [0.3, 0.4) is 0 Å². The van der Waals surface area contributed by atoms with E-state index in [0.29, 0.717) is 18.1 Å². The Hall–Kier alpha value is -2.36. The van der Waals surface area contributed by atoms with Crippen molar-refractivity contribution < 1.29 is 15.0 Å². The highest BCUT2D eigenvalue weighted by Crippen LogP contribution is 2.27. The number of para-hydroxylation sites is 1. The Morgan fingerprint density at radius 2 is 2.08 bits per heavy atom. The summed E-state index contributed by atoms with van der Waals surface area (Å²) in [5.41, 5.74) is 0.730. The Morgan fingerprint density at radius 3 is 2.81 bits per heavy atom. The molecule has 2 heterocycles. The summed E-state index contributed by atoms with van der Waals surface area (Å²) in [7, 11) is 0. The third-order valence-electron chi connectivity index (χ3n) is 3.94. The molecule has 3 rings (SSSR count). The van der Waals surface area contributed by atoms with Crippen LogP contribution in [0.5, 0.6) is 0 Å². The molecule has 0 aliphatic carbocycles. The third kappa shape index (κ3) is 3.90. The number of aromatic nitrogens is 4. The fraction of sp³-hybridized carbons (Fsp3) is 0.412. The summed E-state index contributed by atoms with van der Waals surface area (Å²) in [4.78, 5) is 16.4. The minimum Gasteiger partial charge on any atom is -0.383 e. The Kier molecular flexibility index (Phi) is 5.60. The Morgan fingerprint density at radius 1 is 1.31 bits per heavy atom. The molecule has 2 atom stereocenters. The van der Waals surface area contributed by atoms with Gasteiger partial charge < -0.3 is 20.1 Å². The summed E-state index contributed by atoms with van der Waals surface area (Å²) in [5.74, 6) is 0.407. The number of carbonyl (C=O) groups excluding carboxylic acids is 1. The van der Waals surface area contributed by atoms with Crippen LogP contribution in [0.15, 0.2) is 30.6 Å². The van der Waals surface area contributed by atoms with Crippen LogP contribution in [0, 0.1) is 0 Å². The molecule has 26 heavy (non-hydrogen) atoms. The molecule has 0 saturated carbocycles. The molecular formula is C17H21N5O3S. The van der Waals surface area contributed by atoms with Crippen LogP contribution in [0.1, 0.15) is 36.7 Å². The highest BCUT2D eigenvalue weighted by molar-refractivity contribution is 7.18. The SMILES string of the molecule is CC(C)c1nncn1CCNC(=O)C(O)C(O)c1nc2ccccc2s1. The van der Waals surface area contributed by atoms with Crippen molar-refractivity contribution in [1.82, 2.24) is 25.1 Å². The maximum Gasteiger partial charge on any atom is 0.252 e. The van der Waals surface area contributed by atoms with E-state index in [1.54, 1.807) is 6.33 Å². The molecule has 0 bridgehead atoms. The van der Waals surface area contributed by atoms with Gasteiger partial charge in [0.05, 0.1) is 10.2 Å². The van der Waals surface area contributed by atoms with Gasteiger partial charge >= 0.3 is 0 Å². The molecule has 3 aromatic rings. The topological polar surface area (TPSA) is 113 Å². The van der Waals surface area contributed by atoms with Crippen molar-refractivity contribution in [1.29, 1.82) is 0 Å². The number of aliphatic hydroxyl groups is 2. The molecule has 0 radical (unpaired) electrons. The molecule has 2 aromatic heterocycles. The average molecular weight is 375 g/mol. The fourth-order valence-electron chi connectivity index (χ4n) is 2.58. The maximum atomic E-state index is 12.1. The molecule has 0 saturated heterocycles. The number of thiazole rings is 1. The summed E-state index contributed by atoms with van der Waals surface area (Å²) < 4.78 is 2.74. The fourth-order valence-corrected chi connectivity index (χ4v) is 3.57. The zero-order chi connectivity index (χ0) is 18.7. The molecule has 138 valence electrons. The molecule has 3 N–H and O–H groups in total. The first-order chi connectivity index (χ1) is 12.5. The summed E-state index contributed by atoms with van der Waals surface area (Å²) in [6.45, 7) is 4.80. The Labute approximate surface area is 154 Å². The highest BCUT2D eigenvalue weighted by atomic mass is 32.1. The lowest BCUT2D eigenvalue weighted by Gasteiger charge is -2.16. The van der Waals surface area contributed by atoms with Gasteiger partial charge in [0.15, 0.2) is 6.10 Å². The number of fused-ring (bicyclic) bond motifs is 1. The van der Waals surface area contributed by atoms with Gasteiger partial charge in [0.25, 0.3) is 5.91 Å². The second-order valence-electron chi connectivity index (χ2n) is 6.24. The number of hydrogen-bond acceptors (Lipinski definition) is 7. The number of carbonyl (C=O) groups is 1. The number of nitrogens with zero attached hydrogens (tertiary/aromatic N) is 4. The molecule has 0 fully saturated rings. The van der Waals surface area contributed by atoms with Gasteiger partial charge in [-0.3, -0.25) is 4.79 Å². The van der Waals surface area contributed by atoms with Crippen molar-refractivity contribution in [3.8, 4) is 0 Å². The van der Waals surface area contributed by atoms with Crippen LogP contribution in [0.2, 0.25) is 0 Å². The lowest BCUT2D eigenvalue weighted by molar-refractivity contribution is -0.135. The minimum absolute atomic E-state index is 0.222. The summed E-state index contributed by atoms with van der Waals surface area (Å²) in [6, 6.07) is 7.41. The van der Waals surface area contributed by atoms with Crippen LogP contribution in [0.25, 0.3) is 10.2 Å². The van der Waals surface area contributed by atoms with Gasteiger partial charge in [-0.1, -0.05) is 26.0 Å². The van der Waals surface area contributed by atoms with Crippen molar-refractivity contribution in [2.45, 2.75) is 38.5 Å². The molecule has 0 aliphatic rings. The molecule has 1 amide bonds. The van der Waals surface area contributed by atoms with Crippen molar-refractivity contribution in [2.75, 3.05) is 6.54 Å². The average Bonchev–Trinajstić information content (AvgIpc) is 3.26. The van der Waals surface area contributed by atoms with Gasteiger partial charge in [-0.2, -0.15) is 0 Å². The van der Waals surface area contributed by atoms with Crippen LogP contribution in [-0.2, 0) is 11.3 Å². The van der Waals surface area contributed by atoms with E-state index in [1.165, 1.54) is 11.3 Å². The first-order valence-corrected chi connectivity index (χ1v) is 9.16. The number of aliphatic hydroxyl groups excluding tert-OH is 2. The van der Waals surface area contributed by atoms with Gasteiger partial charge in [-0.05, 0) is 12.1 Å². The molecule has 8 nitrogen and oxygen atoms in total. The normalized spacial score (nSPS) is 13.9. The number of rotatable bonds is 7. The second kappa shape index (κ2) is 7.90. The van der Waals surface area contributed by atoms with E-state index >= 15 is 0 Å². The second-order valence-corrected chi connectivity index (χ2v) is 7.30. The van der Waals surface area contributed by atoms with Gasteiger partial charge in [-0.15, -0.1) is 21.5 Å². The molecule has 1 aromatic carbocycles. The number of amides is 1. The van der Waals surface area contributed by atoms with E-state index in [2.05, 4.69) is 20.5 Å². The quantitative estimate of drug-likeness (QED) is 0.572. The lowest BCUT2D eigenvalue weighted by atomic mass is 10.2. The van der Waals surface area contributed by atoms with E-state index in [0.717, 1.165) is 16.0 Å². The zero-order valence-corrected chi connectivity index (χ0v) is 15.3. The van der Waals surface area contributed by atoms with E-state index in [-0.39, 0.29) is 5.92 Å². The van der Waals surface area contributed by atoms with E-state index in [1.807, 2.05) is 42.7 Å². The monoisotopic (exact) mass is 375 g/mol. The third-order valence-corrected chi connectivity index (χ3v) is 5.05. The van der Waals surface area contributed by atoms with E-state index in [9.17, 15) is 15.0 Å². The van der Waals surface area contributed by atoms with Crippen molar-refractivity contribution >= 4 is 27.5 Å². The van der Waals surface area contributed by atoms with E-state index in [4.69, 9.17) is 0 Å². The highest BCUT2D eigenvalue weighted by Gasteiger charge is 2.28. The molecule has 2 unspecified atom stereocenters. The smallest absolute Gasteiger partial charge is 0.252 e. The van der Waals surface area contributed by atoms with Crippen LogP contribution in [-0.4, -0.2) is 48.5 Å². The van der Waals surface area contributed by atoms with Gasteiger partial charge in [0.2, 0.25) is 0 Å². The maximum absolute atomic E-state index is 12.1. The summed E-state index contributed by atoms with van der Waals surface area (Å²) >= 11 is 1.26. The van der Waals surface area contributed by atoms with Crippen LogP contribution >= 0.6 is 11.3 Å². The number of nitrogens with one attached hydrogen (secondary N) is 1. The molecular weight excluding hydrogens is 354 g/mol. The van der Waals surface area contributed by atoms with Gasteiger partial charge in [-0.25, -0.2) is 4.98 Å². The van der Waals surface area contributed by atoms with Crippen LogP contribution in [0.4, 0.5) is 0 Å². The standard InChI is InChI=1S/C17H21N5O3S/c1-10(2)15-21-19-9-22(15)8-7-18-16(25)13(23)14(24)17-20-11-5-3-4-6-12(11)26-17/h3-6,9-10,13-14,23-24H,7-8H2,1-2H3,(H,18,25). The van der Waals surface area contributed by atoms with Gasteiger partial charge in [0, 0.05) is 19.0 Å². The molecule has 0 spiro atoms. The van der Waals surface area contributed by atoms with Crippen molar-refractivity contribution in [3.63, 3.8) is 0 Å². The zero-order valence-electron chi connectivity index (χ0n) is 14.5. The van der Waals surface area contributed by atoms with Gasteiger partial charge in [0.1, 0.15) is 23.3 Å². The predicted octanol–water partition coefficient (Wildman–Crippen LogP) is 1.22. The molecule has 0 aliphatic heterocycles. The molecule has 9 heteroatoms. The van der Waals surface area contributed by atoms with E-state index < -0.39 is 18.1 Å². The first kappa shape index (κ1) is 18.4.